The second kappa shape index (κ2) is 6.43. The third-order valence-corrected chi connectivity index (χ3v) is 2.26. The van der Waals surface area contributed by atoms with Gasteiger partial charge in [0.25, 0.3) is 0 Å². The second-order valence-electron chi connectivity index (χ2n) is 4.46. The molecule has 0 aliphatic carbocycles. The van der Waals surface area contributed by atoms with Crippen molar-refractivity contribution in [2.75, 3.05) is 6.61 Å². The minimum absolute atomic E-state index is 0.151. The Morgan fingerprint density at radius 2 is 1.87 bits per heavy atom. The lowest BCUT2D eigenvalue weighted by Gasteiger charge is -2.23. The molecule has 0 unspecified atom stereocenters. The van der Waals surface area contributed by atoms with Crippen LogP contribution in [0.5, 0.6) is 0 Å². The maximum Gasteiger partial charge on any atom is 0.317 e. The molecule has 0 heterocycles. The number of hydrogen-bond donors (Lipinski definition) is 1. The third-order valence-electron chi connectivity index (χ3n) is 2.26. The van der Waals surface area contributed by atoms with E-state index in [9.17, 15) is 9.59 Å². The van der Waals surface area contributed by atoms with Crippen molar-refractivity contribution in [3.8, 4) is 0 Å². The van der Waals surface area contributed by atoms with Crippen molar-refractivity contribution in [2.24, 2.45) is 5.41 Å². The summed E-state index contributed by atoms with van der Waals surface area (Å²) >= 11 is 0. The number of carboxylic acids is 1. The standard InChI is InChI=1S/C11H20O4/c1-4-5-11(2,3)6-7-15-10(14)8-9(12)13/h4-8H2,1-3H3,(H,12,13). The van der Waals surface area contributed by atoms with E-state index in [1.807, 2.05) is 0 Å². The van der Waals surface area contributed by atoms with E-state index in [0.717, 1.165) is 19.3 Å². The van der Waals surface area contributed by atoms with E-state index in [2.05, 4.69) is 20.8 Å². The quantitative estimate of drug-likeness (QED) is 0.523. The van der Waals surface area contributed by atoms with Gasteiger partial charge in [-0.15, -0.1) is 0 Å². The number of carbonyl (C=O) groups is 2. The Balaban J connectivity index is 3.69. The highest BCUT2D eigenvalue weighted by Gasteiger charge is 2.17. The Hall–Kier alpha value is -1.06. The van der Waals surface area contributed by atoms with E-state index in [4.69, 9.17) is 9.84 Å². The Morgan fingerprint density at radius 1 is 1.27 bits per heavy atom. The summed E-state index contributed by atoms with van der Waals surface area (Å²) < 4.78 is 4.82. The van der Waals surface area contributed by atoms with Gasteiger partial charge >= 0.3 is 11.9 Å². The Bertz CT molecular complexity index is 221. The van der Waals surface area contributed by atoms with Crippen LogP contribution in [0.15, 0.2) is 0 Å². The summed E-state index contributed by atoms with van der Waals surface area (Å²) in [5.41, 5.74) is 0.151. The van der Waals surface area contributed by atoms with Crippen LogP contribution in [0.3, 0.4) is 0 Å². The van der Waals surface area contributed by atoms with Crippen molar-refractivity contribution < 1.29 is 19.4 Å². The van der Waals surface area contributed by atoms with Gasteiger partial charge in [0.1, 0.15) is 6.42 Å². The van der Waals surface area contributed by atoms with Crippen molar-refractivity contribution in [3.63, 3.8) is 0 Å². The lowest BCUT2D eigenvalue weighted by molar-refractivity contribution is -0.151. The van der Waals surface area contributed by atoms with Gasteiger partial charge in [-0.1, -0.05) is 27.2 Å². The molecule has 0 spiro atoms. The lowest BCUT2D eigenvalue weighted by atomic mass is 9.85. The first-order valence-corrected chi connectivity index (χ1v) is 5.25. The number of hydrogen-bond acceptors (Lipinski definition) is 3. The van der Waals surface area contributed by atoms with Gasteiger partial charge in [0.2, 0.25) is 0 Å². The van der Waals surface area contributed by atoms with E-state index < -0.39 is 18.4 Å². The van der Waals surface area contributed by atoms with E-state index >= 15 is 0 Å². The molecule has 0 rings (SSSR count). The Kier molecular flexibility index (Phi) is 5.97. The van der Waals surface area contributed by atoms with E-state index in [1.54, 1.807) is 0 Å². The number of esters is 1. The molecule has 1 N–H and O–H groups in total. The predicted molar refractivity (Wildman–Crippen MR) is 56.5 cm³/mol. The van der Waals surface area contributed by atoms with Crippen LogP contribution in [-0.4, -0.2) is 23.7 Å². The first-order valence-electron chi connectivity index (χ1n) is 5.25. The first-order chi connectivity index (χ1) is 6.87. The monoisotopic (exact) mass is 216 g/mol. The SMILES string of the molecule is CCCC(C)(C)CCOC(=O)CC(=O)O. The summed E-state index contributed by atoms with van der Waals surface area (Å²) in [6.45, 7) is 6.64. The van der Waals surface area contributed by atoms with Crippen molar-refractivity contribution in [1.82, 2.24) is 0 Å². The molecule has 0 saturated heterocycles. The molecule has 88 valence electrons. The molecule has 15 heavy (non-hydrogen) atoms. The molecule has 0 aromatic carbocycles. The van der Waals surface area contributed by atoms with Crippen molar-refractivity contribution in [3.05, 3.63) is 0 Å². The van der Waals surface area contributed by atoms with Crippen LogP contribution in [0.25, 0.3) is 0 Å². The molecule has 4 heteroatoms. The number of carboxylic acid groups (broad SMARTS) is 1. The van der Waals surface area contributed by atoms with Crippen LogP contribution in [0, 0.1) is 5.41 Å². The number of carbonyl (C=O) groups excluding carboxylic acids is 1. The highest BCUT2D eigenvalue weighted by molar-refractivity contribution is 5.90. The molecule has 0 saturated carbocycles. The molecule has 0 aliphatic rings. The minimum atomic E-state index is -1.15. The molecule has 0 fully saturated rings. The van der Waals surface area contributed by atoms with Crippen LogP contribution in [0.4, 0.5) is 0 Å². The predicted octanol–water partition coefficient (Wildman–Crippen LogP) is 2.22. The van der Waals surface area contributed by atoms with Crippen LogP contribution in [0.2, 0.25) is 0 Å². The normalized spacial score (nSPS) is 11.1. The molecule has 0 atom stereocenters. The summed E-state index contributed by atoms with van der Waals surface area (Å²) in [6, 6.07) is 0. The molecular weight excluding hydrogens is 196 g/mol. The summed E-state index contributed by atoms with van der Waals surface area (Å²) in [6.07, 6.45) is 2.39. The van der Waals surface area contributed by atoms with Gasteiger partial charge in [-0.05, 0) is 18.3 Å². The maximum absolute atomic E-state index is 10.9. The summed E-state index contributed by atoms with van der Waals surface area (Å²) in [4.78, 5) is 21.1. The topological polar surface area (TPSA) is 63.6 Å². The van der Waals surface area contributed by atoms with Crippen molar-refractivity contribution in [2.45, 2.75) is 46.5 Å². The molecule has 0 bridgehead atoms. The molecule has 0 aliphatic heterocycles. The second-order valence-corrected chi connectivity index (χ2v) is 4.46. The zero-order valence-corrected chi connectivity index (χ0v) is 9.71. The van der Waals surface area contributed by atoms with Crippen molar-refractivity contribution >= 4 is 11.9 Å². The summed E-state index contributed by atoms with van der Waals surface area (Å²) in [7, 11) is 0. The summed E-state index contributed by atoms with van der Waals surface area (Å²) in [5.74, 6) is -1.80. The average molecular weight is 216 g/mol. The van der Waals surface area contributed by atoms with Gasteiger partial charge in [0.15, 0.2) is 0 Å². The number of aliphatic carboxylic acids is 1. The van der Waals surface area contributed by atoms with Gasteiger partial charge in [-0.2, -0.15) is 0 Å². The summed E-state index contributed by atoms with van der Waals surface area (Å²) in [5, 5.41) is 8.33. The molecule has 0 radical (unpaired) electrons. The van der Waals surface area contributed by atoms with Gasteiger partial charge in [0.05, 0.1) is 6.61 Å². The van der Waals surface area contributed by atoms with E-state index in [-0.39, 0.29) is 5.41 Å². The fourth-order valence-corrected chi connectivity index (χ4v) is 1.42. The number of ether oxygens (including phenoxy) is 1. The highest BCUT2D eigenvalue weighted by Crippen LogP contribution is 2.26. The average Bonchev–Trinajstić information content (AvgIpc) is 2.01. The van der Waals surface area contributed by atoms with Gasteiger partial charge in [-0.3, -0.25) is 9.59 Å². The fraction of sp³-hybridized carbons (Fsp3) is 0.818. The minimum Gasteiger partial charge on any atom is -0.481 e. The Labute approximate surface area is 90.6 Å². The third kappa shape index (κ3) is 7.97. The Morgan fingerprint density at radius 3 is 2.33 bits per heavy atom. The zero-order valence-electron chi connectivity index (χ0n) is 9.71. The lowest BCUT2D eigenvalue weighted by Crippen LogP contribution is -2.17. The first kappa shape index (κ1) is 13.9. The molecular formula is C11H20O4. The smallest absolute Gasteiger partial charge is 0.317 e. The van der Waals surface area contributed by atoms with Gasteiger partial charge in [0, 0.05) is 0 Å². The van der Waals surface area contributed by atoms with Crippen LogP contribution in [0.1, 0.15) is 46.5 Å². The van der Waals surface area contributed by atoms with Crippen molar-refractivity contribution in [1.29, 1.82) is 0 Å². The highest BCUT2D eigenvalue weighted by atomic mass is 16.5. The molecule has 0 amide bonds. The largest absolute Gasteiger partial charge is 0.481 e. The fourth-order valence-electron chi connectivity index (χ4n) is 1.42. The number of rotatable bonds is 7. The van der Waals surface area contributed by atoms with E-state index in [0.29, 0.717) is 6.61 Å². The van der Waals surface area contributed by atoms with Crippen LogP contribution in [-0.2, 0) is 14.3 Å². The zero-order chi connectivity index (χ0) is 11.9. The molecule has 0 aromatic rings. The maximum atomic E-state index is 10.9. The van der Waals surface area contributed by atoms with E-state index in [1.165, 1.54) is 0 Å². The van der Waals surface area contributed by atoms with Gasteiger partial charge in [-0.25, -0.2) is 0 Å². The molecule has 0 aromatic heterocycles. The van der Waals surface area contributed by atoms with Gasteiger partial charge < -0.3 is 9.84 Å². The van der Waals surface area contributed by atoms with Crippen LogP contribution < -0.4 is 0 Å². The van der Waals surface area contributed by atoms with Crippen LogP contribution >= 0.6 is 0 Å². The molecule has 4 nitrogen and oxygen atoms in total.